The van der Waals surface area contributed by atoms with E-state index < -0.39 is 22.4 Å². The second kappa shape index (κ2) is 10.6. The van der Waals surface area contributed by atoms with Crippen molar-refractivity contribution < 1.29 is 37.7 Å². The topological polar surface area (TPSA) is 241 Å². The monoisotopic (exact) mass is 292 g/mol. The highest BCUT2D eigenvalue weighted by Crippen LogP contribution is 1.87. The summed E-state index contributed by atoms with van der Waals surface area (Å²) >= 11 is 0. The molecule has 1 atom stereocenters. The molecule has 0 spiro atoms. The summed E-state index contributed by atoms with van der Waals surface area (Å²) in [6, 6.07) is -0.946. The maximum Gasteiger partial charge on any atom is 0.394 e. The Labute approximate surface area is 102 Å². The van der Waals surface area contributed by atoms with Crippen LogP contribution in [-0.4, -0.2) is 52.7 Å². The van der Waals surface area contributed by atoms with Crippen LogP contribution in [0.3, 0.4) is 0 Å². The van der Waals surface area contributed by atoms with Gasteiger partial charge in [-0.3, -0.25) is 24.1 Å². The van der Waals surface area contributed by atoms with Gasteiger partial charge in [-0.25, -0.2) is 5.48 Å². The van der Waals surface area contributed by atoms with Gasteiger partial charge in [0.2, 0.25) is 5.96 Å². The summed E-state index contributed by atoms with van der Waals surface area (Å²) in [4.78, 5) is 14.7. The maximum absolute atomic E-state index is 10.2. The van der Waals surface area contributed by atoms with Gasteiger partial charge in [0.05, 0.1) is 6.61 Å². The Balaban J connectivity index is -0.000000321. The quantitative estimate of drug-likeness (QED) is 0.0875. The van der Waals surface area contributed by atoms with Gasteiger partial charge in [0, 0.05) is 0 Å². The first-order chi connectivity index (χ1) is 7.54. The minimum absolute atomic E-state index is 0. The fraction of sp³-hybridized carbons (Fsp3) is 0.600. The third-order valence-electron chi connectivity index (χ3n) is 1.03. The number of hydroxylamine groups is 1. The SMILES string of the molecule is N=C(N)NOCC[C@H](N)C(=O)O.O.O=S(=O)(O)O. The molecular formula is C5H16N4O8S. The largest absolute Gasteiger partial charge is 0.480 e. The molecule has 0 radical (unpaired) electrons. The molecule has 18 heavy (non-hydrogen) atoms. The number of hydrogen-bond acceptors (Lipinski definition) is 6. The van der Waals surface area contributed by atoms with Gasteiger partial charge in [-0.15, -0.1) is 0 Å². The Hall–Kier alpha value is -1.51. The number of nitrogens with two attached hydrogens (primary N) is 2. The van der Waals surface area contributed by atoms with E-state index in [2.05, 4.69) is 10.3 Å². The number of carboxylic acid groups (broad SMARTS) is 1. The third-order valence-corrected chi connectivity index (χ3v) is 1.03. The number of nitrogens with one attached hydrogen (secondary N) is 2. The summed E-state index contributed by atoms with van der Waals surface area (Å²) in [5.41, 5.74) is 12.1. The zero-order chi connectivity index (χ0) is 14.1. The Morgan fingerprint density at radius 1 is 1.44 bits per heavy atom. The van der Waals surface area contributed by atoms with Crippen LogP contribution in [0.4, 0.5) is 0 Å². The van der Waals surface area contributed by atoms with E-state index >= 15 is 0 Å². The van der Waals surface area contributed by atoms with E-state index in [9.17, 15) is 4.79 Å². The fourth-order valence-corrected chi connectivity index (χ4v) is 0.438. The highest BCUT2D eigenvalue weighted by molar-refractivity contribution is 7.79. The number of aliphatic carboxylic acids is 1. The highest BCUT2D eigenvalue weighted by atomic mass is 32.3. The Kier molecular flexibility index (Phi) is 12.8. The molecular weight excluding hydrogens is 276 g/mol. The van der Waals surface area contributed by atoms with Crippen LogP contribution < -0.4 is 16.9 Å². The van der Waals surface area contributed by atoms with Gasteiger partial charge >= 0.3 is 16.4 Å². The van der Waals surface area contributed by atoms with Crippen LogP contribution in [0.5, 0.6) is 0 Å². The average molecular weight is 292 g/mol. The van der Waals surface area contributed by atoms with E-state index in [1.54, 1.807) is 0 Å². The van der Waals surface area contributed by atoms with Crippen LogP contribution in [0.2, 0.25) is 0 Å². The van der Waals surface area contributed by atoms with Gasteiger partial charge < -0.3 is 22.1 Å². The van der Waals surface area contributed by atoms with Gasteiger partial charge in [-0.1, -0.05) is 0 Å². The summed E-state index contributed by atoms with van der Waals surface area (Å²) in [7, 11) is -4.67. The molecule has 0 aromatic rings. The Morgan fingerprint density at radius 2 is 1.83 bits per heavy atom. The lowest BCUT2D eigenvalue weighted by Crippen LogP contribution is -2.35. The molecule has 0 aromatic heterocycles. The third kappa shape index (κ3) is 29.3. The van der Waals surface area contributed by atoms with Crippen molar-refractivity contribution in [3.63, 3.8) is 0 Å². The molecule has 0 heterocycles. The molecule has 0 aliphatic rings. The molecule has 0 saturated carbocycles. The summed E-state index contributed by atoms with van der Waals surface area (Å²) in [5, 5.41) is 15.0. The minimum atomic E-state index is -4.67. The summed E-state index contributed by atoms with van der Waals surface area (Å²) in [5.74, 6) is -1.42. The van der Waals surface area contributed by atoms with Crippen molar-refractivity contribution in [3.8, 4) is 0 Å². The van der Waals surface area contributed by atoms with Crippen LogP contribution in [0.25, 0.3) is 0 Å². The summed E-state index contributed by atoms with van der Waals surface area (Å²) in [6.07, 6.45) is 0.162. The van der Waals surface area contributed by atoms with Crippen LogP contribution in [0.1, 0.15) is 6.42 Å². The minimum Gasteiger partial charge on any atom is -0.480 e. The Morgan fingerprint density at radius 3 is 2.11 bits per heavy atom. The zero-order valence-electron chi connectivity index (χ0n) is 9.03. The van der Waals surface area contributed by atoms with Crippen LogP contribution in [0, 0.1) is 5.41 Å². The van der Waals surface area contributed by atoms with E-state index in [-0.39, 0.29) is 24.5 Å². The molecule has 0 fully saturated rings. The van der Waals surface area contributed by atoms with Crippen molar-refractivity contribution >= 4 is 22.3 Å². The normalized spacial score (nSPS) is 11.3. The van der Waals surface area contributed by atoms with Gasteiger partial charge in [0.25, 0.3) is 0 Å². The van der Waals surface area contributed by atoms with E-state index in [0.29, 0.717) is 0 Å². The van der Waals surface area contributed by atoms with Gasteiger partial charge in [0.15, 0.2) is 0 Å². The van der Waals surface area contributed by atoms with Crippen LogP contribution >= 0.6 is 0 Å². The molecule has 11 N–H and O–H groups in total. The first-order valence-electron chi connectivity index (χ1n) is 3.94. The fourth-order valence-electron chi connectivity index (χ4n) is 0.438. The van der Waals surface area contributed by atoms with E-state index in [1.807, 2.05) is 0 Å². The molecule has 13 heteroatoms. The molecule has 0 aliphatic heterocycles. The number of carboxylic acids is 1. The molecule has 12 nitrogen and oxygen atoms in total. The number of carbonyl (C=O) groups is 1. The molecule has 0 aromatic carbocycles. The van der Waals surface area contributed by atoms with Crippen molar-refractivity contribution in [1.82, 2.24) is 5.48 Å². The smallest absolute Gasteiger partial charge is 0.394 e. The van der Waals surface area contributed by atoms with Crippen molar-refractivity contribution in [2.45, 2.75) is 12.5 Å². The van der Waals surface area contributed by atoms with Crippen molar-refractivity contribution in [2.24, 2.45) is 11.5 Å². The van der Waals surface area contributed by atoms with Gasteiger partial charge in [0.1, 0.15) is 6.04 Å². The lowest BCUT2D eigenvalue weighted by molar-refractivity contribution is -0.139. The number of rotatable bonds is 5. The first-order valence-corrected chi connectivity index (χ1v) is 5.33. The van der Waals surface area contributed by atoms with Gasteiger partial charge in [-0.05, 0) is 6.42 Å². The maximum atomic E-state index is 10.2. The molecule has 0 rings (SSSR count). The van der Waals surface area contributed by atoms with Crippen LogP contribution in [0.15, 0.2) is 0 Å². The van der Waals surface area contributed by atoms with E-state index in [0.717, 1.165) is 0 Å². The number of hydrogen-bond donors (Lipinski definition) is 7. The predicted octanol–water partition coefficient (Wildman–Crippen LogP) is -3.27. The zero-order valence-corrected chi connectivity index (χ0v) is 9.85. The summed E-state index contributed by atoms with van der Waals surface area (Å²) < 4.78 is 31.6. The molecule has 0 aliphatic carbocycles. The molecule has 0 saturated heterocycles. The molecule has 0 unspecified atom stereocenters. The van der Waals surface area contributed by atoms with Crippen molar-refractivity contribution in [1.29, 1.82) is 5.41 Å². The van der Waals surface area contributed by atoms with Crippen molar-refractivity contribution in [3.05, 3.63) is 0 Å². The lowest BCUT2D eigenvalue weighted by Gasteiger charge is -2.06. The second-order valence-corrected chi connectivity index (χ2v) is 3.44. The van der Waals surface area contributed by atoms with E-state index in [1.165, 1.54) is 0 Å². The molecule has 0 bridgehead atoms. The Bertz CT molecular complexity index is 335. The van der Waals surface area contributed by atoms with Gasteiger partial charge in [-0.2, -0.15) is 8.42 Å². The van der Waals surface area contributed by atoms with E-state index in [4.69, 9.17) is 39.5 Å². The standard InChI is InChI=1S/C5H12N4O3.H2O4S.H2O/c6-3(4(10)11)1-2-12-9-5(7)8;1-5(2,3)4;/h3H,1-2,6H2,(H,10,11)(H4,7,8,9);(H2,1,2,3,4);1H2/t3-;;/m0../s1. The van der Waals surface area contributed by atoms with Crippen molar-refractivity contribution in [2.75, 3.05) is 6.61 Å². The molecule has 110 valence electrons. The molecule has 0 amide bonds. The lowest BCUT2D eigenvalue weighted by atomic mass is 10.2. The highest BCUT2D eigenvalue weighted by Gasteiger charge is 2.10. The predicted molar refractivity (Wildman–Crippen MR) is 59.0 cm³/mol. The summed E-state index contributed by atoms with van der Waals surface area (Å²) in [6.45, 7) is 0.0903. The average Bonchev–Trinajstić information content (AvgIpc) is 2.08. The number of guanidine groups is 1. The second-order valence-electron chi connectivity index (χ2n) is 2.55. The van der Waals surface area contributed by atoms with Crippen LogP contribution in [-0.2, 0) is 20.0 Å². The first kappa shape index (κ1) is 21.7.